The van der Waals surface area contributed by atoms with Gasteiger partial charge in [-0.05, 0) is 64.6 Å². The lowest BCUT2D eigenvalue weighted by atomic mass is 9.68. The minimum Gasteiger partial charge on any atom is -0.373 e. The summed E-state index contributed by atoms with van der Waals surface area (Å²) in [4.78, 5) is 27.8. The van der Waals surface area contributed by atoms with Gasteiger partial charge in [0.25, 0.3) is 5.69 Å². The molecule has 0 unspecified atom stereocenters. The zero-order valence-corrected chi connectivity index (χ0v) is 21.7. The number of carbonyl (C=O) groups is 1. The van der Waals surface area contributed by atoms with Gasteiger partial charge in [-0.25, -0.2) is 0 Å². The molecule has 1 saturated heterocycles. The van der Waals surface area contributed by atoms with E-state index in [1.165, 1.54) is 0 Å². The number of nitro benzene ring substituents is 1. The monoisotopic (exact) mass is 495 g/mol. The number of nitrogens with one attached hydrogen (secondary N) is 1. The minimum atomic E-state index is -0.416. The Labute approximate surface area is 217 Å². The molecular formula is C31H33N3O3. The first-order valence-electron chi connectivity index (χ1n) is 13.3. The number of carbonyl (C=O) groups excluding carboxylic acids is 1. The van der Waals surface area contributed by atoms with Crippen LogP contribution in [-0.4, -0.2) is 23.8 Å². The summed E-state index contributed by atoms with van der Waals surface area (Å²) in [7, 11) is 0. The molecule has 37 heavy (non-hydrogen) atoms. The van der Waals surface area contributed by atoms with E-state index in [0.717, 1.165) is 71.1 Å². The van der Waals surface area contributed by atoms with Gasteiger partial charge in [-0.2, -0.15) is 0 Å². The molecule has 0 spiro atoms. The zero-order chi connectivity index (χ0) is 25.9. The second kappa shape index (κ2) is 8.72. The highest BCUT2D eigenvalue weighted by molar-refractivity contribution is 6.12. The van der Waals surface area contributed by atoms with Gasteiger partial charge in [0, 0.05) is 42.4 Å². The van der Waals surface area contributed by atoms with Crippen LogP contribution in [0.25, 0.3) is 16.3 Å². The van der Waals surface area contributed by atoms with Crippen molar-refractivity contribution >= 4 is 39.2 Å². The SMILES string of the molecule is C[C@H]1CCCN(c2ccc([C@@H]3Nc4ccc5ccccc5c4C4=C3C(=O)CC(C)(C)C4)cc2[N+](=O)[O-])C1. The van der Waals surface area contributed by atoms with Crippen LogP contribution in [0.1, 0.15) is 63.6 Å². The van der Waals surface area contributed by atoms with Gasteiger partial charge >= 0.3 is 0 Å². The third-order valence-corrected chi connectivity index (χ3v) is 8.27. The Balaban J connectivity index is 1.51. The Morgan fingerprint density at radius 3 is 2.68 bits per heavy atom. The molecule has 3 aromatic carbocycles. The molecule has 3 aromatic rings. The Bertz CT molecular complexity index is 1470. The first-order valence-corrected chi connectivity index (χ1v) is 13.3. The summed E-state index contributed by atoms with van der Waals surface area (Å²) < 4.78 is 0. The summed E-state index contributed by atoms with van der Waals surface area (Å²) in [5.74, 6) is 0.634. The number of nitrogens with zero attached hydrogens (tertiary/aromatic N) is 2. The number of Topliss-reactive ketones (excluding diaryl/α,β-unsaturated/α-hetero) is 1. The summed E-state index contributed by atoms with van der Waals surface area (Å²) in [5, 5.41) is 18.1. The predicted octanol–water partition coefficient (Wildman–Crippen LogP) is 7.29. The number of allylic oxidation sites excluding steroid dienone is 1. The number of hydrogen-bond donors (Lipinski definition) is 1. The van der Waals surface area contributed by atoms with Gasteiger partial charge in [0.05, 0.1) is 11.0 Å². The van der Waals surface area contributed by atoms with Crippen LogP contribution < -0.4 is 10.2 Å². The molecule has 0 aromatic heterocycles. The number of rotatable bonds is 3. The number of piperidine rings is 1. The van der Waals surface area contributed by atoms with E-state index in [-0.39, 0.29) is 21.8 Å². The smallest absolute Gasteiger partial charge is 0.292 e. The molecule has 6 heteroatoms. The maximum absolute atomic E-state index is 13.7. The van der Waals surface area contributed by atoms with Crippen molar-refractivity contribution in [3.63, 3.8) is 0 Å². The van der Waals surface area contributed by atoms with Gasteiger partial charge in [0.15, 0.2) is 5.78 Å². The van der Waals surface area contributed by atoms with Gasteiger partial charge in [0.2, 0.25) is 0 Å². The third-order valence-electron chi connectivity index (χ3n) is 8.27. The molecular weight excluding hydrogens is 462 g/mol. The van der Waals surface area contributed by atoms with E-state index in [4.69, 9.17) is 0 Å². The van der Waals surface area contributed by atoms with Crippen molar-refractivity contribution in [2.45, 2.75) is 52.5 Å². The Morgan fingerprint density at radius 1 is 1.08 bits per heavy atom. The fraction of sp³-hybridized carbons (Fsp3) is 0.387. The second-order valence-corrected chi connectivity index (χ2v) is 11.8. The zero-order valence-electron chi connectivity index (χ0n) is 21.7. The average Bonchev–Trinajstić information content (AvgIpc) is 2.86. The van der Waals surface area contributed by atoms with Crippen LogP contribution in [0.2, 0.25) is 0 Å². The van der Waals surface area contributed by atoms with Crippen LogP contribution >= 0.6 is 0 Å². The van der Waals surface area contributed by atoms with Crippen molar-refractivity contribution in [1.82, 2.24) is 0 Å². The van der Waals surface area contributed by atoms with Gasteiger partial charge in [-0.3, -0.25) is 14.9 Å². The van der Waals surface area contributed by atoms with E-state index in [9.17, 15) is 14.9 Å². The molecule has 2 aliphatic heterocycles. The first-order chi connectivity index (χ1) is 17.7. The number of hydrogen-bond acceptors (Lipinski definition) is 5. The Morgan fingerprint density at radius 2 is 1.89 bits per heavy atom. The average molecular weight is 496 g/mol. The van der Waals surface area contributed by atoms with Crippen molar-refractivity contribution in [3.05, 3.63) is 81.4 Å². The molecule has 0 saturated carbocycles. The molecule has 190 valence electrons. The van der Waals surface area contributed by atoms with E-state index in [0.29, 0.717) is 18.0 Å². The second-order valence-electron chi connectivity index (χ2n) is 11.8. The van der Waals surface area contributed by atoms with Crippen molar-refractivity contribution in [1.29, 1.82) is 0 Å². The molecule has 1 N–H and O–H groups in total. The standard InChI is InChI=1S/C31H33N3O3/c1-19-7-6-14-33(18-19)25-13-11-21(15-26(25)34(36)37)30-29-23(16-31(2,3)17-27(29)35)28-22-9-5-4-8-20(22)10-12-24(28)32-30/h4-5,8-13,15,19,30,32H,6-7,14,16-18H2,1-3H3/t19-,30-/m0/s1. The van der Waals surface area contributed by atoms with Crippen molar-refractivity contribution in [2.24, 2.45) is 11.3 Å². The molecule has 6 rings (SSSR count). The normalized spacial score (nSPS) is 22.9. The van der Waals surface area contributed by atoms with E-state index in [1.54, 1.807) is 6.07 Å². The number of fused-ring (bicyclic) bond motifs is 4. The van der Waals surface area contributed by atoms with Crippen molar-refractivity contribution in [3.8, 4) is 0 Å². The minimum absolute atomic E-state index is 0.114. The van der Waals surface area contributed by atoms with E-state index < -0.39 is 6.04 Å². The summed E-state index contributed by atoms with van der Waals surface area (Å²) >= 11 is 0. The van der Waals surface area contributed by atoms with Gasteiger partial charge in [0.1, 0.15) is 5.69 Å². The number of anilines is 2. The lowest BCUT2D eigenvalue weighted by molar-refractivity contribution is -0.384. The topological polar surface area (TPSA) is 75.5 Å². The fourth-order valence-electron chi connectivity index (χ4n) is 6.63. The van der Waals surface area contributed by atoms with Crippen LogP contribution in [0, 0.1) is 21.4 Å². The fourth-order valence-corrected chi connectivity index (χ4v) is 6.63. The summed E-state index contributed by atoms with van der Waals surface area (Å²) in [6, 6.07) is 17.6. The largest absolute Gasteiger partial charge is 0.373 e. The molecule has 6 nitrogen and oxygen atoms in total. The lowest BCUT2D eigenvalue weighted by Crippen LogP contribution is -2.35. The highest BCUT2D eigenvalue weighted by Gasteiger charge is 2.41. The molecule has 0 amide bonds. The summed E-state index contributed by atoms with van der Waals surface area (Å²) in [6.07, 6.45) is 3.45. The predicted molar refractivity (Wildman–Crippen MR) is 149 cm³/mol. The van der Waals surface area contributed by atoms with E-state index in [2.05, 4.69) is 55.3 Å². The summed E-state index contributed by atoms with van der Waals surface area (Å²) in [5.41, 5.74) is 5.32. The number of benzene rings is 3. The van der Waals surface area contributed by atoms with Crippen LogP contribution in [0.3, 0.4) is 0 Å². The van der Waals surface area contributed by atoms with E-state index >= 15 is 0 Å². The van der Waals surface area contributed by atoms with Crippen LogP contribution in [0.4, 0.5) is 17.1 Å². The molecule has 3 aliphatic rings. The Hall–Kier alpha value is -3.67. The summed E-state index contributed by atoms with van der Waals surface area (Å²) in [6.45, 7) is 8.15. The van der Waals surface area contributed by atoms with Crippen LogP contribution in [-0.2, 0) is 4.79 Å². The maximum atomic E-state index is 13.7. The van der Waals surface area contributed by atoms with Crippen LogP contribution in [0.15, 0.2) is 60.2 Å². The van der Waals surface area contributed by atoms with Crippen molar-refractivity contribution < 1.29 is 9.72 Å². The van der Waals surface area contributed by atoms with Gasteiger partial charge < -0.3 is 10.2 Å². The number of ketones is 1. The first kappa shape index (κ1) is 23.7. The maximum Gasteiger partial charge on any atom is 0.292 e. The molecule has 1 aliphatic carbocycles. The third kappa shape index (κ3) is 4.08. The van der Waals surface area contributed by atoms with Crippen molar-refractivity contribution in [2.75, 3.05) is 23.3 Å². The number of nitro groups is 1. The van der Waals surface area contributed by atoms with Gasteiger partial charge in [-0.1, -0.05) is 57.2 Å². The van der Waals surface area contributed by atoms with Crippen LogP contribution in [0.5, 0.6) is 0 Å². The molecule has 0 bridgehead atoms. The molecule has 0 radical (unpaired) electrons. The van der Waals surface area contributed by atoms with Gasteiger partial charge in [-0.15, -0.1) is 0 Å². The molecule has 2 atom stereocenters. The highest BCUT2D eigenvalue weighted by atomic mass is 16.6. The lowest BCUT2D eigenvalue weighted by Gasteiger charge is -2.40. The highest BCUT2D eigenvalue weighted by Crippen LogP contribution is 2.52. The molecule has 2 heterocycles. The van der Waals surface area contributed by atoms with E-state index in [1.807, 2.05) is 24.3 Å². The molecule has 1 fully saturated rings. The quantitative estimate of drug-likeness (QED) is 0.305. The Kier molecular flexibility index (Phi) is 5.59.